The number of anilines is 1. The quantitative estimate of drug-likeness (QED) is 0.313. The number of nitrogens with one attached hydrogen (secondary N) is 1. The molecule has 3 aromatic carbocycles. The Morgan fingerprint density at radius 2 is 1.55 bits per heavy atom. The fraction of sp³-hybridized carbons (Fsp3) is 0.286. The van der Waals surface area contributed by atoms with Gasteiger partial charge in [0.05, 0.1) is 32.8 Å². The first-order valence-corrected chi connectivity index (χ1v) is 12.1. The maximum Gasteiger partial charge on any atom is 0.239 e. The molecule has 5 N–H and O–H groups in total. The van der Waals surface area contributed by atoms with Crippen LogP contribution in [0.3, 0.4) is 0 Å². The fourth-order valence-electron chi connectivity index (χ4n) is 5.39. The van der Waals surface area contributed by atoms with Crippen LogP contribution in [0.5, 0.6) is 23.0 Å². The van der Waals surface area contributed by atoms with E-state index < -0.39 is 29.6 Å². The highest BCUT2D eigenvalue weighted by Crippen LogP contribution is 2.62. The van der Waals surface area contributed by atoms with Crippen LogP contribution in [0.25, 0.3) is 0 Å². The first-order chi connectivity index (χ1) is 18.4. The monoisotopic (exact) mass is 518 g/mol. The molecular weight excluding hydrogens is 488 g/mol. The average Bonchev–Trinajstić information content (AvgIpc) is 3.58. The summed E-state index contributed by atoms with van der Waals surface area (Å²) >= 11 is 0. The number of aliphatic hydroxyl groups is 2. The zero-order valence-corrected chi connectivity index (χ0v) is 21.2. The number of methoxy groups -OCH3 is 3. The third kappa shape index (κ3) is 4.17. The van der Waals surface area contributed by atoms with Gasteiger partial charge in [0.2, 0.25) is 5.95 Å². The summed E-state index contributed by atoms with van der Waals surface area (Å²) in [4.78, 5) is 4.24. The molecule has 1 fully saturated rings. The number of nitrogens with two attached hydrogens (primary N) is 1. The number of benzene rings is 3. The number of ether oxygens (including phenoxy) is 4. The molecule has 0 radical (unpaired) electrons. The minimum absolute atomic E-state index is 0.0664. The Balaban J connectivity index is 0.000000316. The molecule has 1 aromatic heterocycles. The van der Waals surface area contributed by atoms with Gasteiger partial charge in [-0.3, -0.25) is 5.10 Å². The normalized spacial score (nSPS) is 24.9. The van der Waals surface area contributed by atoms with Crippen LogP contribution < -0.4 is 24.7 Å². The Labute approximate surface area is 220 Å². The van der Waals surface area contributed by atoms with Crippen molar-refractivity contribution in [3.8, 4) is 23.0 Å². The fourth-order valence-corrected chi connectivity index (χ4v) is 5.39. The van der Waals surface area contributed by atoms with Crippen LogP contribution in [0.1, 0.15) is 28.8 Å². The SMILES string of the molecule is COc1cc(OC)c2c(c1)OC1[C@H](c3ccccc3)C(c3nc(N)n[nH]3)C(O)[C@@]21O.COc1ccccc1. The van der Waals surface area contributed by atoms with E-state index in [9.17, 15) is 10.2 Å². The molecule has 10 nitrogen and oxygen atoms in total. The van der Waals surface area contributed by atoms with Crippen LogP contribution in [-0.4, -0.2) is 58.9 Å². The summed E-state index contributed by atoms with van der Waals surface area (Å²) in [5, 5.41) is 30.1. The van der Waals surface area contributed by atoms with Crippen molar-refractivity contribution in [1.29, 1.82) is 0 Å². The van der Waals surface area contributed by atoms with Gasteiger partial charge in [0.25, 0.3) is 0 Å². The molecule has 10 heteroatoms. The van der Waals surface area contributed by atoms with Gasteiger partial charge in [-0.15, -0.1) is 5.10 Å². The lowest BCUT2D eigenvalue weighted by Crippen LogP contribution is -2.43. The van der Waals surface area contributed by atoms with E-state index in [0.29, 0.717) is 28.6 Å². The van der Waals surface area contributed by atoms with Crippen molar-refractivity contribution in [2.75, 3.05) is 27.1 Å². The van der Waals surface area contributed by atoms with Crippen molar-refractivity contribution in [3.05, 3.63) is 89.7 Å². The molecule has 4 aromatic rings. The highest BCUT2D eigenvalue weighted by Gasteiger charge is 2.68. The molecule has 3 unspecified atom stereocenters. The largest absolute Gasteiger partial charge is 0.497 e. The zero-order chi connectivity index (χ0) is 26.9. The smallest absolute Gasteiger partial charge is 0.239 e. The summed E-state index contributed by atoms with van der Waals surface area (Å²) in [6.07, 6.45) is -2.05. The van der Waals surface area contributed by atoms with Gasteiger partial charge in [-0.05, 0) is 17.7 Å². The molecule has 0 bridgehead atoms. The Hall–Kier alpha value is -4.28. The van der Waals surface area contributed by atoms with Crippen molar-refractivity contribution in [2.24, 2.45) is 0 Å². The Morgan fingerprint density at radius 3 is 2.11 bits per heavy atom. The van der Waals surface area contributed by atoms with Gasteiger partial charge in [-0.2, -0.15) is 4.98 Å². The number of hydrogen-bond acceptors (Lipinski definition) is 9. The van der Waals surface area contributed by atoms with Gasteiger partial charge in [0.15, 0.2) is 5.60 Å². The molecule has 1 aliphatic heterocycles. The molecule has 0 amide bonds. The molecule has 38 heavy (non-hydrogen) atoms. The van der Waals surface area contributed by atoms with Gasteiger partial charge in [-0.25, -0.2) is 0 Å². The van der Waals surface area contributed by atoms with Crippen molar-refractivity contribution in [3.63, 3.8) is 0 Å². The number of nitrogens with zero attached hydrogens (tertiary/aromatic N) is 2. The number of aromatic amines is 1. The molecule has 1 saturated carbocycles. The Kier molecular flexibility index (Phi) is 6.83. The van der Waals surface area contributed by atoms with Gasteiger partial charge in [0.1, 0.15) is 41.0 Å². The molecule has 1 aliphatic carbocycles. The summed E-state index contributed by atoms with van der Waals surface area (Å²) in [7, 11) is 4.70. The summed E-state index contributed by atoms with van der Waals surface area (Å²) in [5.74, 6) is 1.61. The lowest BCUT2D eigenvalue weighted by atomic mass is 9.86. The molecule has 6 rings (SSSR count). The Bertz CT molecular complexity index is 1380. The third-order valence-corrected chi connectivity index (χ3v) is 7.09. The highest BCUT2D eigenvalue weighted by molar-refractivity contribution is 5.59. The van der Waals surface area contributed by atoms with Crippen LogP contribution in [0.2, 0.25) is 0 Å². The van der Waals surface area contributed by atoms with E-state index in [1.165, 1.54) is 14.2 Å². The molecule has 198 valence electrons. The minimum Gasteiger partial charge on any atom is -0.497 e. The summed E-state index contributed by atoms with van der Waals surface area (Å²) < 4.78 is 22.0. The number of H-pyrrole nitrogens is 1. The highest BCUT2D eigenvalue weighted by atomic mass is 16.5. The number of nitrogen functional groups attached to an aromatic ring is 1. The standard InChI is InChI=1S/C21H22N4O5.C7H8O/c1-28-11-8-12(29-2)16-13(9-11)30-18-14(10-6-4-3-5-7-10)15(17(26)21(16,18)27)19-23-20(22)25-24-19;1-8-7-5-3-2-4-6-7/h3-9,14-15,17-18,26-27H,1-2H3,(H3,22,23,24,25);2-6H,1H3/t14-,15?,17?,18?,21+;/m1./s1. The van der Waals surface area contributed by atoms with E-state index in [4.69, 9.17) is 24.7 Å². The van der Waals surface area contributed by atoms with Gasteiger partial charge in [0, 0.05) is 18.1 Å². The summed E-state index contributed by atoms with van der Waals surface area (Å²) in [6.45, 7) is 0. The van der Waals surface area contributed by atoms with Gasteiger partial charge >= 0.3 is 0 Å². The third-order valence-electron chi connectivity index (χ3n) is 7.09. The summed E-state index contributed by atoms with van der Waals surface area (Å²) in [6, 6.07) is 22.6. The maximum absolute atomic E-state index is 11.9. The van der Waals surface area contributed by atoms with E-state index in [1.54, 1.807) is 19.2 Å². The molecular formula is C28H30N4O6. The zero-order valence-electron chi connectivity index (χ0n) is 21.2. The van der Waals surface area contributed by atoms with Crippen LogP contribution in [0.15, 0.2) is 72.8 Å². The second kappa shape index (κ2) is 10.2. The molecule has 2 heterocycles. The number of hydrogen-bond donors (Lipinski definition) is 4. The minimum atomic E-state index is -1.74. The van der Waals surface area contributed by atoms with E-state index in [-0.39, 0.29) is 5.95 Å². The lowest BCUT2D eigenvalue weighted by molar-refractivity contribution is -0.0950. The van der Waals surface area contributed by atoms with Crippen molar-refractivity contribution >= 4 is 5.95 Å². The van der Waals surface area contributed by atoms with Crippen molar-refractivity contribution < 1.29 is 29.2 Å². The maximum atomic E-state index is 11.9. The molecule has 2 aliphatic rings. The second-order valence-corrected chi connectivity index (χ2v) is 9.07. The van der Waals surface area contributed by atoms with E-state index >= 15 is 0 Å². The Morgan fingerprint density at radius 1 is 0.895 bits per heavy atom. The van der Waals surface area contributed by atoms with E-state index in [1.807, 2.05) is 60.7 Å². The van der Waals surface area contributed by atoms with Crippen LogP contribution in [-0.2, 0) is 5.60 Å². The lowest BCUT2D eigenvalue weighted by Gasteiger charge is -2.27. The topological polar surface area (TPSA) is 145 Å². The number of rotatable bonds is 5. The first kappa shape index (κ1) is 25.4. The average molecular weight is 519 g/mol. The van der Waals surface area contributed by atoms with E-state index in [0.717, 1.165) is 11.3 Å². The van der Waals surface area contributed by atoms with Crippen LogP contribution in [0.4, 0.5) is 5.95 Å². The number of fused-ring (bicyclic) bond motifs is 3. The number of para-hydroxylation sites is 1. The predicted octanol–water partition coefficient (Wildman–Crippen LogP) is 2.99. The number of aromatic nitrogens is 3. The van der Waals surface area contributed by atoms with E-state index in [2.05, 4.69) is 15.2 Å². The van der Waals surface area contributed by atoms with Gasteiger partial charge in [-0.1, -0.05) is 48.5 Å². The van der Waals surface area contributed by atoms with Crippen LogP contribution in [0, 0.1) is 0 Å². The van der Waals surface area contributed by atoms with Gasteiger partial charge < -0.3 is 34.9 Å². The van der Waals surface area contributed by atoms with Crippen molar-refractivity contribution in [1.82, 2.24) is 15.2 Å². The summed E-state index contributed by atoms with van der Waals surface area (Å²) in [5.41, 5.74) is 5.25. The molecule has 5 atom stereocenters. The number of aliphatic hydroxyl groups excluding tert-OH is 1. The molecule has 0 spiro atoms. The predicted molar refractivity (Wildman–Crippen MR) is 140 cm³/mol. The molecule has 0 saturated heterocycles. The second-order valence-electron chi connectivity index (χ2n) is 9.07. The van der Waals surface area contributed by atoms with Crippen LogP contribution >= 0.6 is 0 Å². The van der Waals surface area contributed by atoms with Crippen molar-refractivity contribution in [2.45, 2.75) is 29.6 Å². The first-order valence-electron chi connectivity index (χ1n) is 12.1.